The fraction of sp³-hybridized carbons (Fsp3) is 0.320. The molecular formula is C25H30N7O7P. The number of morpholine rings is 1. The second-order valence-electron chi connectivity index (χ2n) is 8.87. The van der Waals surface area contributed by atoms with Gasteiger partial charge in [-0.1, -0.05) is 18.2 Å². The maximum Gasteiger partial charge on any atom is 0.466 e. The van der Waals surface area contributed by atoms with Gasteiger partial charge in [0.05, 0.1) is 43.9 Å². The Bertz CT molecular complexity index is 1490. The molecule has 0 amide bonds. The number of nitrogens with zero attached hydrogens (tertiary/aromatic N) is 7. The van der Waals surface area contributed by atoms with Crippen LogP contribution >= 0.6 is 7.82 Å². The van der Waals surface area contributed by atoms with Crippen molar-refractivity contribution in [2.45, 2.75) is 6.54 Å². The van der Waals surface area contributed by atoms with Crippen LogP contribution in [0.2, 0.25) is 0 Å². The summed E-state index contributed by atoms with van der Waals surface area (Å²) in [4.78, 5) is 45.8. The summed E-state index contributed by atoms with van der Waals surface area (Å²) in [5, 5.41) is 8.42. The number of hydrogen-bond acceptors (Lipinski definition) is 9. The van der Waals surface area contributed by atoms with Crippen molar-refractivity contribution in [1.29, 1.82) is 0 Å². The maximum absolute atomic E-state index is 13.0. The summed E-state index contributed by atoms with van der Waals surface area (Å²) in [5.41, 5.74) is 2.95. The molecule has 0 unspecified atom stereocenters. The van der Waals surface area contributed by atoms with Crippen LogP contribution in [0, 0.1) is 0 Å². The second kappa shape index (κ2) is 13.5. The molecule has 212 valence electrons. The lowest BCUT2D eigenvalue weighted by Crippen LogP contribution is -2.38. The van der Waals surface area contributed by atoms with E-state index in [1.54, 1.807) is 35.5 Å². The molecule has 0 aliphatic carbocycles. The van der Waals surface area contributed by atoms with Crippen LogP contribution in [0.3, 0.4) is 0 Å². The van der Waals surface area contributed by atoms with Gasteiger partial charge in [-0.25, -0.2) is 19.2 Å². The largest absolute Gasteiger partial charge is 0.489 e. The number of benzene rings is 1. The Hall–Kier alpha value is -3.78. The van der Waals surface area contributed by atoms with Crippen molar-refractivity contribution in [2.75, 3.05) is 39.5 Å². The number of aryl methyl sites for hydroxylation is 1. The standard InChI is InChI=1S/C25H27N7O3.H3O4P/c1-30-18-21(14-29-30)23-5-6-28-32(25(23)33)17-19-3-2-4-20(13-19)24-26-15-22(16-27-24)35-12-9-31-7-10-34-11-8-31;1-5(2,3)4/h2-6,13-16,18H,7-12,17H2,1H3;(H3,1,2,3,4). The van der Waals surface area contributed by atoms with Gasteiger partial charge >= 0.3 is 7.82 Å². The highest BCUT2D eigenvalue weighted by molar-refractivity contribution is 7.45. The molecular weight excluding hydrogens is 541 g/mol. The first-order chi connectivity index (χ1) is 19.2. The summed E-state index contributed by atoms with van der Waals surface area (Å²) in [6.07, 6.45) is 8.51. The van der Waals surface area contributed by atoms with E-state index in [-0.39, 0.29) is 5.56 Å². The van der Waals surface area contributed by atoms with Crippen LogP contribution in [-0.4, -0.2) is 88.6 Å². The molecule has 14 nitrogen and oxygen atoms in total. The Morgan fingerprint density at radius 2 is 1.75 bits per heavy atom. The molecule has 1 fully saturated rings. The van der Waals surface area contributed by atoms with Gasteiger partial charge in [-0.3, -0.25) is 14.4 Å². The lowest BCUT2D eigenvalue weighted by Gasteiger charge is -2.26. The first-order valence-corrected chi connectivity index (χ1v) is 13.9. The molecule has 40 heavy (non-hydrogen) atoms. The molecule has 0 atom stereocenters. The summed E-state index contributed by atoms with van der Waals surface area (Å²) in [6.45, 7) is 5.19. The Balaban J connectivity index is 0.000000681. The van der Waals surface area contributed by atoms with Crippen LogP contribution in [-0.2, 0) is 22.9 Å². The van der Waals surface area contributed by atoms with E-state index >= 15 is 0 Å². The van der Waals surface area contributed by atoms with Crippen molar-refractivity contribution in [2.24, 2.45) is 7.05 Å². The van der Waals surface area contributed by atoms with E-state index in [0.29, 0.717) is 30.3 Å². The van der Waals surface area contributed by atoms with E-state index in [4.69, 9.17) is 28.7 Å². The average Bonchev–Trinajstić information content (AvgIpc) is 3.36. The van der Waals surface area contributed by atoms with Gasteiger partial charge in [-0.15, -0.1) is 0 Å². The highest BCUT2D eigenvalue weighted by atomic mass is 31.2. The van der Waals surface area contributed by atoms with E-state index in [2.05, 4.69) is 25.1 Å². The van der Waals surface area contributed by atoms with Gasteiger partial charge in [0.2, 0.25) is 0 Å². The molecule has 1 aliphatic rings. The molecule has 1 aromatic carbocycles. The minimum atomic E-state index is -4.64. The van der Waals surface area contributed by atoms with Crippen molar-refractivity contribution < 1.29 is 28.7 Å². The Morgan fingerprint density at radius 3 is 2.42 bits per heavy atom. The Labute approximate surface area is 229 Å². The zero-order valence-electron chi connectivity index (χ0n) is 21.8. The predicted molar refractivity (Wildman–Crippen MR) is 144 cm³/mol. The minimum absolute atomic E-state index is 0.166. The molecule has 1 saturated heterocycles. The second-order valence-corrected chi connectivity index (χ2v) is 9.90. The normalized spacial score (nSPS) is 13.9. The Morgan fingerprint density at radius 1 is 1.02 bits per heavy atom. The Kier molecular flexibility index (Phi) is 9.88. The van der Waals surface area contributed by atoms with Gasteiger partial charge in [0.25, 0.3) is 5.56 Å². The molecule has 0 radical (unpaired) electrons. The van der Waals surface area contributed by atoms with Crippen LogP contribution in [0.15, 0.2) is 66.1 Å². The van der Waals surface area contributed by atoms with Crippen LogP contribution < -0.4 is 10.3 Å². The topological polar surface area (TPSA) is 178 Å². The van der Waals surface area contributed by atoms with Gasteiger partial charge in [0, 0.05) is 50.2 Å². The zero-order chi connectivity index (χ0) is 28.5. The quantitative estimate of drug-likeness (QED) is 0.255. The van der Waals surface area contributed by atoms with E-state index in [9.17, 15) is 4.79 Å². The van der Waals surface area contributed by atoms with Crippen molar-refractivity contribution in [3.63, 3.8) is 0 Å². The predicted octanol–water partition coefficient (Wildman–Crippen LogP) is 0.931. The monoisotopic (exact) mass is 571 g/mol. The van der Waals surface area contributed by atoms with Crippen LogP contribution in [0.4, 0.5) is 0 Å². The molecule has 4 heterocycles. The number of ether oxygens (including phenoxy) is 2. The van der Waals surface area contributed by atoms with Crippen LogP contribution in [0.5, 0.6) is 5.75 Å². The molecule has 3 N–H and O–H groups in total. The summed E-state index contributed by atoms with van der Waals surface area (Å²) >= 11 is 0. The lowest BCUT2D eigenvalue weighted by atomic mass is 10.1. The highest BCUT2D eigenvalue weighted by Gasteiger charge is 2.12. The molecule has 15 heteroatoms. The molecule has 5 rings (SSSR count). The number of hydrogen-bond donors (Lipinski definition) is 3. The van der Waals surface area contributed by atoms with E-state index < -0.39 is 7.82 Å². The molecule has 0 spiro atoms. The molecule has 3 aromatic heterocycles. The molecule has 4 aromatic rings. The number of rotatable bonds is 8. The summed E-state index contributed by atoms with van der Waals surface area (Å²) < 4.78 is 23.2. The fourth-order valence-corrected chi connectivity index (χ4v) is 3.98. The SMILES string of the molecule is Cn1cc(-c2ccnn(Cc3cccc(-c4ncc(OCCN5CCOCC5)cn4)c3)c2=O)cn1.O=P(O)(O)O. The zero-order valence-corrected chi connectivity index (χ0v) is 22.7. The molecule has 0 bridgehead atoms. The van der Waals surface area contributed by atoms with Crippen molar-refractivity contribution in [3.8, 4) is 28.3 Å². The first-order valence-electron chi connectivity index (χ1n) is 12.3. The van der Waals surface area contributed by atoms with Gasteiger partial charge in [-0.2, -0.15) is 10.2 Å². The van der Waals surface area contributed by atoms with Crippen LogP contribution in [0.1, 0.15) is 5.56 Å². The van der Waals surface area contributed by atoms with Gasteiger partial charge in [0.1, 0.15) is 6.61 Å². The molecule has 0 saturated carbocycles. The summed E-state index contributed by atoms with van der Waals surface area (Å²) in [5.74, 6) is 1.23. The minimum Gasteiger partial charge on any atom is -0.489 e. The van der Waals surface area contributed by atoms with Crippen LogP contribution in [0.25, 0.3) is 22.5 Å². The van der Waals surface area contributed by atoms with E-state index in [0.717, 1.165) is 49.5 Å². The number of phosphoric acid groups is 1. The smallest absolute Gasteiger partial charge is 0.466 e. The van der Waals surface area contributed by atoms with Gasteiger partial charge in [0.15, 0.2) is 11.6 Å². The van der Waals surface area contributed by atoms with E-state index in [1.165, 1.54) is 4.68 Å². The molecule has 1 aliphatic heterocycles. The lowest BCUT2D eigenvalue weighted by molar-refractivity contribution is 0.0322. The summed E-state index contributed by atoms with van der Waals surface area (Å²) in [6, 6.07) is 9.51. The summed E-state index contributed by atoms with van der Waals surface area (Å²) in [7, 11) is -2.82. The van der Waals surface area contributed by atoms with Crippen molar-refractivity contribution in [3.05, 3.63) is 77.2 Å². The van der Waals surface area contributed by atoms with Gasteiger partial charge < -0.3 is 24.2 Å². The van der Waals surface area contributed by atoms with Crippen molar-refractivity contribution >= 4 is 7.82 Å². The third kappa shape index (κ3) is 8.88. The highest BCUT2D eigenvalue weighted by Crippen LogP contribution is 2.25. The third-order valence-corrected chi connectivity index (χ3v) is 5.85. The van der Waals surface area contributed by atoms with Crippen molar-refractivity contribution in [1.82, 2.24) is 34.4 Å². The third-order valence-electron chi connectivity index (χ3n) is 5.85. The van der Waals surface area contributed by atoms with Gasteiger partial charge in [-0.05, 0) is 17.7 Å². The fourth-order valence-electron chi connectivity index (χ4n) is 3.98. The maximum atomic E-state index is 13.0. The first kappa shape index (κ1) is 29.2. The van der Waals surface area contributed by atoms with E-state index in [1.807, 2.05) is 37.5 Å². The average molecular weight is 572 g/mol. The number of aromatic nitrogens is 6.